The Hall–Kier alpha value is -0.630. The standard InChI is InChI=1S/C8H12O2/c1-2-3-8(9)4-7-5-10-6-7/h2,7H,1,3-6H2. The molecule has 0 bridgehead atoms. The van der Waals surface area contributed by atoms with E-state index < -0.39 is 0 Å². The van der Waals surface area contributed by atoms with Gasteiger partial charge in [0.25, 0.3) is 0 Å². The molecule has 2 heteroatoms. The van der Waals surface area contributed by atoms with Crippen LogP contribution in [0.1, 0.15) is 12.8 Å². The molecule has 0 aromatic carbocycles. The lowest BCUT2D eigenvalue weighted by Gasteiger charge is -2.24. The molecule has 1 fully saturated rings. The maximum absolute atomic E-state index is 10.9. The van der Waals surface area contributed by atoms with Crippen LogP contribution in [0.3, 0.4) is 0 Å². The zero-order valence-electron chi connectivity index (χ0n) is 6.01. The third-order valence-corrected chi connectivity index (χ3v) is 1.60. The van der Waals surface area contributed by atoms with Crippen LogP contribution in [-0.4, -0.2) is 19.0 Å². The minimum absolute atomic E-state index is 0.281. The van der Waals surface area contributed by atoms with E-state index in [4.69, 9.17) is 4.74 Å². The third-order valence-electron chi connectivity index (χ3n) is 1.60. The summed E-state index contributed by atoms with van der Waals surface area (Å²) in [5, 5.41) is 0. The van der Waals surface area contributed by atoms with E-state index in [1.165, 1.54) is 0 Å². The van der Waals surface area contributed by atoms with E-state index >= 15 is 0 Å². The van der Waals surface area contributed by atoms with Crippen molar-refractivity contribution in [1.29, 1.82) is 0 Å². The van der Waals surface area contributed by atoms with Gasteiger partial charge in [-0.05, 0) is 0 Å². The van der Waals surface area contributed by atoms with E-state index in [1.807, 2.05) is 0 Å². The van der Waals surface area contributed by atoms with E-state index in [1.54, 1.807) is 6.08 Å². The number of allylic oxidation sites excluding steroid dienone is 1. The molecule has 0 aromatic rings. The maximum atomic E-state index is 10.9. The lowest BCUT2D eigenvalue weighted by molar-refractivity contribution is -0.123. The topological polar surface area (TPSA) is 26.3 Å². The van der Waals surface area contributed by atoms with Crippen molar-refractivity contribution in [3.05, 3.63) is 12.7 Å². The number of carbonyl (C=O) groups excluding carboxylic acids is 1. The lowest BCUT2D eigenvalue weighted by atomic mass is 10.00. The number of carbonyl (C=O) groups is 1. The second kappa shape index (κ2) is 3.52. The highest BCUT2D eigenvalue weighted by Gasteiger charge is 2.20. The highest BCUT2D eigenvalue weighted by molar-refractivity contribution is 5.80. The number of ketones is 1. The molecule has 1 heterocycles. The van der Waals surface area contributed by atoms with Crippen LogP contribution in [0.25, 0.3) is 0 Å². The SMILES string of the molecule is C=CCC(=O)CC1COC1. The van der Waals surface area contributed by atoms with Gasteiger partial charge < -0.3 is 4.74 Å². The first-order valence-corrected chi connectivity index (χ1v) is 3.53. The zero-order valence-corrected chi connectivity index (χ0v) is 6.01. The van der Waals surface area contributed by atoms with E-state index in [-0.39, 0.29) is 5.78 Å². The number of hydrogen-bond acceptors (Lipinski definition) is 2. The Labute approximate surface area is 60.9 Å². The first-order chi connectivity index (χ1) is 4.83. The smallest absolute Gasteiger partial charge is 0.137 e. The van der Waals surface area contributed by atoms with Crippen molar-refractivity contribution in [2.24, 2.45) is 5.92 Å². The van der Waals surface area contributed by atoms with E-state index in [9.17, 15) is 4.79 Å². The fourth-order valence-corrected chi connectivity index (χ4v) is 0.969. The summed E-state index contributed by atoms with van der Waals surface area (Å²) in [6, 6.07) is 0. The number of Topliss-reactive ketones (excluding diaryl/α,β-unsaturated/α-hetero) is 1. The molecule has 0 saturated carbocycles. The van der Waals surface area contributed by atoms with Crippen LogP contribution in [0.2, 0.25) is 0 Å². The quantitative estimate of drug-likeness (QED) is 0.548. The van der Waals surface area contributed by atoms with Crippen molar-refractivity contribution < 1.29 is 9.53 Å². The Bertz CT molecular complexity index is 136. The van der Waals surface area contributed by atoms with Gasteiger partial charge >= 0.3 is 0 Å². The van der Waals surface area contributed by atoms with Gasteiger partial charge in [0.15, 0.2) is 0 Å². The zero-order chi connectivity index (χ0) is 7.40. The van der Waals surface area contributed by atoms with Crippen LogP contribution < -0.4 is 0 Å². The Balaban J connectivity index is 2.10. The first-order valence-electron chi connectivity index (χ1n) is 3.53. The van der Waals surface area contributed by atoms with Crippen LogP contribution in [0.4, 0.5) is 0 Å². The van der Waals surface area contributed by atoms with Gasteiger partial charge in [-0.15, -0.1) is 6.58 Å². The van der Waals surface area contributed by atoms with Gasteiger partial charge in [-0.25, -0.2) is 0 Å². The molecule has 2 nitrogen and oxygen atoms in total. The van der Waals surface area contributed by atoms with Gasteiger partial charge in [-0.3, -0.25) is 4.79 Å². The second-order valence-corrected chi connectivity index (χ2v) is 2.64. The molecule has 10 heavy (non-hydrogen) atoms. The Morgan fingerprint density at radius 2 is 2.40 bits per heavy atom. The molecular formula is C8H12O2. The Morgan fingerprint density at radius 1 is 1.70 bits per heavy atom. The molecule has 56 valence electrons. The van der Waals surface area contributed by atoms with E-state index in [0.29, 0.717) is 18.8 Å². The van der Waals surface area contributed by atoms with Crippen molar-refractivity contribution in [3.63, 3.8) is 0 Å². The van der Waals surface area contributed by atoms with Crippen molar-refractivity contribution in [2.75, 3.05) is 13.2 Å². The molecule has 0 spiro atoms. The lowest BCUT2D eigenvalue weighted by Crippen LogP contribution is -2.29. The summed E-state index contributed by atoms with van der Waals surface area (Å²) in [6.45, 7) is 5.03. The molecule has 1 aliphatic heterocycles. The van der Waals surface area contributed by atoms with E-state index in [0.717, 1.165) is 13.2 Å². The number of rotatable bonds is 4. The highest BCUT2D eigenvalue weighted by Crippen LogP contribution is 2.15. The molecular weight excluding hydrogens is 128 g/mol. The normalized spacial score (nSPS) is 18.0. The summed E-state index contributed by atoms with van der Waals surface area (Å²) in [4.78, 5) is 10.9. The van der Waals surface area contributed by atoms with Gasteiger partial charge in [0.05, 0.1) is 13.2 Å². The monoisotopic (exact) mass is 140 g/mol. The number of ether oxygens (including phenoxy) is 1. The minimum atomic E-state index is 0.281. The van der Waals surface area contributed by atoms with Crippen LogP contribution in [-0.2, 0) is 9.53 Å². The molecule has 0 N–H and O–H groups in total. The highest BCUT2D eigenvalue weighted by atomic mass is 16.5. The average molecular weight is 140 g/mol. The molecule has 1 saturated heterocycles. The van der Waals surface area contributed by atoms with Gasteiger partial charge in [0, 0.05) is 18.8 Å². The fraction of sp³-hybridized carbons (Fsp3) is 0.625. The summed E-state index contributed by atoms with van der Waals surface area (Å²) < 4.78 is 4.94. The van der Waals surface area contributed by atoms with Crippen molar-refractivity contribution >= 4 is 5.78 Å². The summed E-state index contributed by atoms with van der Waals surface area (Å²) in [7, 11) is 0. The summed E-state index contributed by atoms with van der Waals surface area (Å²) in [5.41, 5.74) is 0. The molecule has 0 aromatic heterocycles. The largest absolute Gasteiger partial charge is 0.381 e. The predicted molar refractivity (Wildman–Crippen MR) is 38.7 cm³/mol. The van der Waals surface area contributed by atoms with Crippen LogP contribution in [0.5, 0.6) is 0 Å². The van der Waals surface area contributed by atoms with Crippen molar-refractivity contribution in [1.82, 2.24) is 0 Å². The van der Waals surface area contributed by atoms with Gasteiger partial charge in [0.2, 0.25) is 0 Å². The van der Waals surface area contributed by atoms with Crippen LogP contribution in [0.15, 0.2) is 12.7 Å². The first kappa shape index (κ1) is 7.48. The molecule has 1 rings (SSSR count). The molecule has 1 aliphatic rings. The molecule has 0 amide bonds. The van der Waals surface area contributed by atoms with Crippen LogP contribution >= 0.6 is 0 Å². The molecule has 0 atom stereocenters. The van der Waals surface area contributed by atoms with Gasteiger partial charge in [-0.1, -0.05) is 6.08 Å². The van der Waals surface area contributed by atoms with Crippen molar-refractivity contribution in [2.45, 2.75) is 12.8 Å². The average Bonchev–Trinajstić information content (AvgIpc) is 1.80. The number of hydrogen-bond donors (Lipinski definition) is 0. The minimum Gasteiger partial charge on any atom is -0.381 e. The summed E-state index contributed by atoms with van der Waals surface area (Å²) in [5.74, 6) is 0.774. The second-order valence-electron chi connectivity index (χ2n) is 2.64. The van der Waals surface area contributed by atoms with Gasteiger partial charge in [-0.2, -0.15) is 0 Å². The predicted octanol–water partition coefficient (Wildman–Crippen LogP) is 1.17. The van der Waals surface area contributed by atoms with E-state index in [2.05, 4.69) is 6.58 Å². The third kappa shape index (κ3) is 1.95. The summed E-state index contributed by atoms with van der Waals surface area (Å²) >= 11 is 0. The molecule has 0 radical (unpaired) electrons. The Morgan fingerprint density at radius 3 is 2.80 bits per heavy atom. The van der Waals surface area contributed by atoms with Crippen molar-refractivity contribution in [3.8, 4) is 0 Å². The van der Waals surface area contributed by atoms with Crippen LogP contribution in [0, 0.1) is 5.92 Å². The Kier molecular flexibility index (Phi) is 2.63. The molecule has 0 unspecified atom stereocenters. The molecule has 0 aliphatic carbocycles. The maximum Gasteiger partial charge on any atom is 0.137 e. The fourth-order valence-electron chi connectivity index (χ4n) is 0.969. The van der Waals surface area contributed by atoms with Gasteiger partial charge in [0.1, 0.15) is 5.78 Å². The summed E-state index contributed by atoms with van der Waals surface area (Å²) in [6.07, 6.45) is 2.84.